The molecule has 3 aromatic rings. The number of rotatable bonds is 5. The van der Waals surface area contributed by atoms with E-state index in [1.807, 2.05) is 12.1 Å². The molecule has 0 spiro atoms. The molecule has 0 saturated heterocycles. The van der Waals surface area contributed by atoms with E-state index in [0.29, 0.717) is 22.4 Å². The van der Waals surface area contributed by atoms with E-state index in [0.717, 1.165) is 5.56 Å². The molecule has 0 amide bonds. The normalized spacial score (nSPS) is 10.6. The first-order valence-electron chi connectivity index (χ1n) is 6.80. The van der Waals surface area contributed by atoms with Crippen LogP contribution in [0.5, 0.6) is 5.75 Å². The molecule has 0 aliphatic rings. The smallest absolute Gasteiger partial charge is 0.271 e. The molecule has 0 aliphatic heterocycles. The van der Waals surface area contributed by atoms with Gasteiger partial charge in [-0.05, 0) is 18.2 Å². The lowest BCUT2D eigenvalue weighted by molar-refractivity contribution is -0.384. The number of oxazole rings is 1. The van der Waals surface area contributed by atoms with Gasteiger partial charge in [-0.25, -0.2) is 4.98 Å². The average Bonchev–Trinajstić information content (AvgIpc) is 3.02. The van der Waals surface area contributed by atoms with Crippen LogP contribution in [-0.2, 0) is 6.61 Å². The summed E-state index contributed by atoms with van der Waals surface area (Å²) in [6.07, 6.45) is 1.57. The standard InChI is InChI=1S/C16H10Cl2N2O4/c17-11-3-1-2-10(6-11)15-8-19-16(24-15)9-23-14-5-4-12(20(21)22)7-13(14)18/h1-8H,9H2. The number of hydrogen-bond acceptors (Lipinski definition) is 5. The molecule has 0 saturated carbocycles. The fourth-order valence-corrected chi connectivity index (χ4v) is 2.43. The van der Waals surface area contributed by atoms with E-state index in [9.17, 15) is 10.1 Å². The van der Waals surface area contributed by atoms with Crippen LogP contribution in [0, 0.1) is 10.1 Å². The lowest BCUT2D eigenvalue weighted by Gasteiger charge is -2.05. The molecule has 0 unspecified atom stereocenters. The summed E-state index contributed by atoms with van der Waals surface area (Å²) in [6, 6.07) is 11.2. The molecule has 1 heterocycles. The maximum absolute atomic E-state index is 10.7. The fourth-order valence-electron chi connectivity index (χ4n) is 2.01. The maximum Gasteiger partial charge on any atom is 0.271 e. The summed E-state index contributed by atoms with van der Waals surface area (Å²) in [5.74, 6) is 1.22. The molecule has 2 aromatic carbocycles. The maximum atomic E-state index is 10.7. The first-order valence-corrected chi connectivity index (χ1v) is 7.56. The van der Waals surface area contributed by atoms with Crippen LogP contribution in [0.4, 0.5) is 5.69 Å². The number of benzene rings is 2. The average molecular weight is 365 g/mol. The number of nitrogens with zero attached hydrogens (tertiary/aromatic N) is 2. The van der Waals surface area contributed by atoms with Crippen LogP contribution >= 0.6 is 23.2 Å². The van der Waals surface area contributed by atoms with E-state index in [1.54, 1.807) is 18.3 Å². The Morgan fingerprint density at radius 2 is 2.04 bits per heavy atom. The zero-order chi connectivity index (χ0) is 17.1. The van der Waals surface area contributed by atoms with Crippen LogP contribution in [0.3, 0.4) is 0 Å². The number of ether oxygens (including phenoxy) is 1. The predicted octanol–water partition coefficient (Wildman–Crippen LogP) is 5.14. The topological polar surface area (TPSA) is 78.4 Å². The van der Waals surface area contributed by atoms with Crippen LogP contribution in [0.2, 0.25) is 10.0 Å². The van der Waals surface area contributed by atoms with Crippen molar-refractivity contribution in [1.82, 2.24) is 4.98 Å². The minimum atomic E-state index is -0.527. The van der Waals surface area contributed by atoms with E-state index in [-0.39, 0.29) is 17.3 Å². The lowest BCUT2D eigenvalue weighted by Crippen LogP contribution is -1.96. The highest BCUT2D eigenvalue weighted by Gasteiger charge is 2.12. The Hall–Kier alpha value is -2.57. The van der Waals surface area contributed by atoms with Gasteiger partial charge >= 0.3 is 0 Å². The molecule has 0 radical (unpaired) electrons. The summed E-state index contributed by atoms with van der Waals surface area (Å²) in [5.41, 5.74) is 0.696. The highest BCUT2D eigenvalue weighted by atomic mass is 35.5. The van der Waals surface area contributed by atoms with Gasteiger partial charge in [-0.15, -0.1) is 0 Å². The third-order valence-corrected chi connectivity index (χ3v) is 3.67. The van der Waals surface area contributed by atoms with Gasteiger partial charge in [0.2, 0.25) is 5.89 Å². The zero-order valence-corrected chi connectivity index (χ0v) is 13.6. The first-order chi connectivity index (χ1) is 11.5. The molecular weight excluding hydrogens is 355 g/mol. The summed E-state index contributed by atoms with van der Waals surface area (Å²) >= 11 is 11.9. The number of hydrogen-bond donors (Lipinski definition) is 0. The minimum Gasteiger partial charge on any atom is -0.482 e. The van der Waals surface area contributed by atoms with Gasteiger partial charge in [-0.2, -0.15) is 0 Å². The Balaban J connectivity index is 1.71. The number of aromatic nitrogens is 1. The van der Waals surface area contributed by atoms with Crippen LogP contribution in [0.15, 0.2) is 53.1 Å². The van der Waals surface area contributed by atoms with Crippen molar-refractivity contribution >= 4 is 28.9 Å². The van der Waals surface area contributed by atoms with Crippen LogP contribution in [0.25, 0.3) is 11.3 Å². The second-order valence-electron chi connectivity index (χ2n) is 4.79. The van der Waals surface area contributed by atoms with Gasteiger partial charge in [0.05, 0.1) is 16.1 Å². The molecule has 6 nitrogen and oxygen atoms in total. The minimum absolute atomic E-state index is 0.0398. The monoisotopic (exact) mass is 364 g/mol. The van der Waals surface area contributed by atoms with Crippen molar-refractivity contribution in [2.24, 2.45) is 0 Å². The molecule has 0 atom stereocenters. The fraction of sp³-hybridized carbons (Fsp3) is 0.0625. The van der Waals surface area contributed by atoms with E-state index in [1.165, 1.54) is 18.2 Å². The summed E-state index contributed by atoms with van der Waals surface area (Å²) in [7, 11) is 0. The second-order valence-corrected chi connectivity index (χ2v) is 5.63. The predicted molar refractivity (Wildman–Crippen MR) is 89.4 cm³/mol. The van der Waals surface area contributed by atoms with E-state index >= 15 is 0 Å². The first kappa shape index (κ1) is 16.3. The molecule has 3 rings (SSSR count). The molecule has 1 aromatic heterocycles. The Bertz CT molecular complexity index is 895. The van der Waals surface area contributed by atoms with E-state index in [4.69, 9.17) is 32.4 Å². The number of non-ortho nitro benzene ring substituents is 1. The van der Waals surface area contributed by atoms with Crippen molar-refractivity contribution in [2.75, 3.05) is 0 Å². The Kier molecular flexibility index (Phi) is 4.69. The molecule has 0 aliphatic carbocycles. The SMILES string of the molecule is O=[N+]([O-])c1ccc(OCc2ncc(-c3cccc(Cl)c3)o2)c(Cl)c1. The van der Waals surface area contributed by atoms with Gasteiger partial charge in [0.1, 0.15) is 5.75 Å². The second kappa shape index (κ2) is 6.90. The Morgan fingerprint density at radius 1 is 1.21 bits per heavy atom. The summed E-state index contributed by atoms with van der Waals surface area (Å²) in [5, 5.41) is 11.4. The number of nitro benzene ring substituents is 1. The molecule has 0 fully saturated rings. The van der Waals surface area contributed by atoms with Crippen molar-refractivity contribution < 1.29 is 14.1 Å². The van der Waals surface area contributed by atoms with Crippen molar-refractivity contribution in [1.29, 1.82) is 0 Å². The van der Waals surface area contributed by atoms with Gasteiger partial charge in [0.15, 0.2) is 12.4 Å². The third kappa shape index (κ3) is 3.67. The van der Waals surface area contributed by atoms with Crippen LogP contribution in [0.1, 0.15) is 5.89 Å². The quantitative estimate of drug-likeness (QED) is 0.462. The van der Waals surface area contributed by atoms with E-state index in [2.05, 4.69) is 4.98 Å². The summed E-state index contributed by atoms with van der Waals surface area (Å²) in [4.78, 5) is 14.3. The molecule has 0 bridgehead atoms. The van der Waals surface area contributed by atoms with Gasteiger partial charge in [0.25, 0.3) is 5.69 Å². The van der Waals surface area contributed by atoms with Gasteiger partial charge in [-0.1, -0.05) is 35.3 Å². The number of halogens is 2. The summed E-state index contributed by atoms with van der Waals surface area (Å²) in [6.45, 7) is 0.0398. The molecular formula is C16H10Cl2N2O4. The highest BCUT2D eigenvalue weighted by Crippen LogP contribution is 2.29. The molecule has 0 N–H and O–H groups in total. The molecule has 24 heavy (non-hydrogen) atoms. The highest BCUT2D eigenvalue weighted by molar-refractivity contribution is 6.32. The van der Waals surface area contributed by atoms with Crippen molar-refractivity contribution in [2.45, 2.75) is 6.61 Å². The van der Waals surface area contributed by atoms with Gasteiger partial charge in [0, 0.05) is 22.7 Å². The Morgan fingerprint density at radius 3 is 2.75 bits per heavy atom. The summed E-state index contributed by atoms with van der Waals surface area (Å²) < 4.78 is 11.1. The van der Waals surface area contributed by atoms with E-state index < -0.39 is 4.92 Å². The van der Waals surface area contributed by atoms with Crippen LogP contribution < -0.4 is 4.74 Å². The van der Waals surface area contributed by atoms with Gasteiger partial charge < -0.3 is 9.15 Å². The van der Waals surface area contributed by atoms with Gasteiger partial charge in [-0.3, -0.25) is 10.1 Å². The van der Waals surface area contributed by atoms with Crippen molar-refractivity contribution in [3.8, 4) is 17.1 Å². The van der Waals surface area contributed by atoms with Crippen molar-refractivity contribution in [3.63, 3.8) is 0 Å². The largest absolute Gasteiger partial charge is 0.482 e. The number of nitro groups is 1. The lowest BCUT2D eigenvalue weighted by atomic mass is 10.2. The van der Waals surface area contributed by atoms with Crippen LogP contribution in [-0.4, -0.2) is 9.91 Å². The molecule has 8 heteroatoms. The third-order valence-electron chi connectivity index (χ3n) is 3.14. The van der Waals surface area contributed by atoms with Crippen molar-refractivity contribution in [3.05, 3.63) is 74.7 Å². The zero-order valence-electron chi connectivity index (χ0n) is 12.1. The molecule has 122 valence electrons. The Labute approximate surface area is 146 Å².